The van der Waals surface area contributed by atoms with Crippen molar-refractivity contribution in [3.63, 3.8) is 0 Å². The van der Waals surface area contributed by atoms with Crippen molar-refractivity contribution in [3.8, 4) is 17.2 Å². The standard InChI is InChI=1S/C11H16FNO3/c1-14-7-4-9(15-2)11(8(12)6-13)10(5-7)16-3/h4-5,8H,6,13H2,1-3H3. The summed E-state index contributed by atoms with van der Waals surface area (Å²) in [5, 5.41) is 0. The van der Waals surface area contributed by atoms with E-state index in [2.05, 4.69) is 0 Å². The summed E-state index contributed by atoms with van der Waals surface area (Å²) in [6.07, 6.45) is -1.32. The van der Waals surface area contributed by atoms with Crippen molar-refractivity contribution in [3.05, 3.63) is 17.7 Å². The molecule has 1 aromatic carbocycles. The summed E-state index contributed by atoms with van der Waals surface area (Å²) >= 11 is 0. The predicted octanol–water partition coefficient (Wildman–Crippen LogP) is 1.68. The molecule has 0 heterocycles. The van der Waals surface area contributed by atoms with Gasteiger partial charge in [0.25, 0.3) is 0 Å². The molecule has 2 N–H and O–H groups in total. The van der Waals surface area contributed by atoms with Crippen molar-refractivity contribution in [1.82, 2.24) is 0 Å². The summed E-state index contributed by atoms with van der Waals surface area (Å²) in [5.41, 5.74) is 5.62. The Morgan fingerprint density at radius 1 is 1.12 bits per heavy atom. The Morgan fingerprint density at radius 2 is 1.62 bits per heavy atom. The van der Waals surface area contributed by atoms with Gasteiger partial charge in [-0.25, -0.2) is 4.39 Å². The first-order valence-electron chi connectivity index (χ1n) is 4.82. The molecule has 0 spiro atoms. The zero-order valence-electron chi connectivity index (χ0n) is 9.62. The third kappa shape index (κ3) is 2.36. The van der Waals surface area contributed by atoms with Gasteiger partial charge in [-0.1, -0.05) is 0 Å². The molecule has 1 unspecified atom stereocenters. The maximum atomic E-state index is 13.7. The number of nitrogens with two attached hydrogens (primary N) is 1. The second-order valence-electron chi connectivity index (χ2n) is 3.15. The minimum absolute atomic E-state index is 0.126. The number of halogens is 1. The molecule has 0 aliphatic heterocycles. The van der Waals surface area contributed by atoms with E-state index in [4.69, 9.17) is 19.9 Å². The minimum Gasteiger partial charge on any atom is -0.496 e. The van der Waals surface area contributed by atoms with Crippen LogP contribution in [0.1, 0.15) is 11.7 Å². The lowest BCUT2D eigenvalue weighted by molar-refractivity contribution is 0.308. The molecule has 90 valence electrons. The van der Waals surface area contributed by atoms with Crippen molar-refractivity contribution < 1.29 is 18.6 Å². The molecule has 0 aromatic heterocycles. The Labute approximate surface area is 94.1 Å². The third-order valence-corrected chi connectivity index (χ3v) is 2.27. The van der Waals surface area contributed by atoms with Gasteiger partial charge < -0.3 is 19.9 Å². The molecule has 0 aliphatic carbocycles. The summed E-state index contributed by atoms with van der Waals surface area (Å²) in [5.74, 6) is 1.28. The number of rotatable bonds is 5. The molecule has 5 heteroatoms. The summed E-state index contributed by atoms with van der Waals surface area (Å²) in [7, 11) is 4.44. The fourth-order valence-electron chi connectivity index (χ4n) is 1.46. The van der Waals surface area contributed by atoms with Crippen molar-refractivity contribution in [2.45, 2.75) is 6.17 Å². The Bertz CT molecular complexity index is 332. The Kier molecular flexibility index (Phi) is 4.37. The second kappa shape index (κ2) is 5.55. The highest BCUT2D eigenvalue weighted by Gasteiger charge is 2.20. The van der Waals surface area contributed by atoms with Gasteiger partial charge in [-0.2, -0.15) is 0 Å². The molecule has 0 fully saturated rings. The molecule has 4 nitrogen and oxygen atoms in total. The predicted molar refractivity (Wildman–Crippen MR) is 59.0 cm³/mol. The molecule has 1 aromatic rings. The molecular weight excluding hydrogens is 213 g/mol. The number of hydrogen-bond donors (Lipinski definition) is 1. The van der Waals surface area contributed by atoms with Crippen LogP contribution in [0.3, 0.4) is 0 Å². The van der Waals surface area contributed by atoms with Crippen LogP contribution in [-0.4, -0.2) is 27.9 Å². The zero-order valence-corrected chi connectivity index (χ0v) is 9.62. The molecule has 1 atom stereocenters. The maximum Gasteiger partial charge on any atom is 0.144 e. The topological polar surface area (TPSA) is 53.7 Å². The van der Waals surface area contributed by atoms with Crippen molar-refractivity contribution in [2.24, 2.45) is 5.73 Å². The number of hydrogen-bond acceptors (Lipinski definition) is 4. The number of benzene rings is 1. The van der Waals surface area contributed by atoms with Gasteiger partial charge in [0.15, 0.2) is 0 Å². The minimum atomic E-state index is -1.32. The maximum absolute atomic E-state index is 13.7. The molecule has 0 aliphatic rings. The number of alkyl halides is 1. The summed E-state index contributed by atoms with van der Waals surface area (Å²) in [6, 6.07) is 3.19. The summed E-state index contributed by atoms with van der Waals surface area (Å²) in [6.45, 7) is -0.126. The average molecular weight is 229 g/mol. The van der Waals surface area contributed by atoms with Gasteiger partial charge in [-0.15, -0.1) is 0 Å². The molecule has 0 radical (unpaired) electrons. The van der Waals surface area contributed by atoms with Crippen LogP contribution in [0.2, 0.25) is 0 Å². The quantitative estimate of drug-likeness (QED) is 0.834. The van der Waals surface area contributed by atoms with Crippen LogP contribution in [0.5, 0.6) is 17.2 Å². The molecule has 0 amide bonds. The lowest BCUT2D eigenvalue weighted by atomic mass is 10.1. The van der Waals surface area contributed by atoms with E-state index in [1.165, 1.54) is 21.3 Å². The van der Waals surface area contributed by atoms with Gasteiger partial charge in [0, 0.05) is 18.7 Å². The van der Waals surface area contributed by atoms with Crippen molar-refractivity contribution in [2.75, 3.05) is 27.9 Å². The van der Waals surface area contributed by atoms with Gasteiger partial charge in [0.05, 0.1) is 26.9 Å². The van der Waals surface area contributed by atoms with E-state index < -0.39 is 6.17 Å². The van der Waals surface area contributed by atoms with Gasteiger partial charge in [-0.3, -0.25) is 0 Å². The lowest BCUT2D eigenvalue weighted by Gasteiger charge is -2.16. The first-order valence-corrected chi connectivity index (χ1v) is 4.82. The van der Waals surface area contributed by atoms with Crippen LogP contribution in [-0.2, 0) is 0 Å². The monoisotopic (exact) mass is 229 g/mol. The summed E-state index contributed by atoms with van der Waals surface area (Å²) in [4.78, 5) is 0. The van der Waals surface area contributed by atoms with Crippen LogP contribution < -0.4 is 19.9 Å². The van der Waals surface area contributed by atoms with E-state index in [-0.39, 0.29) is 6.54 Å². The van der Waals surface area contributed by atoms with Gasteiger partial charge in [0.1, 0.15) is 23.4 Å². The molecule has 0 saturated heterocycles. The molecule has 1 rings (SSSR count). The molecule has 0 bridgehead atoms. The van der Waals surface area contributed by atoms with Crippen LogP contribution in [0.15, 0.2) is 12.1 Å². The first kappa shape index (κ1) is 12.6. The largest absolute Gasteiger partial charge is 0.496 e. The first-order chi connectivity index (χ1) is 7.67. The van der Waals surface area contributed by atoms with Crippen LogP contribution in [0.25, 0.3) is 0 Å². The third-order valence-electron chi connectivity index (χ3n) is 2.27. The van der Waals surface area contributed by atoms with Gasteiger partial charge >= 0.3 is 0 Å². The highest BCUT2D eigenvalue weighted by Crippen LogP contribution is 2.39. The fourth-order valence-corrected chi connectivity index (χ4v) is 1.46. The summed E-state index contributed by atoms with van der Waals surface area (Å²) < 4.78 is 28.9. The highest BCUT2D eigenvalue weighted by molar-refractivity contribution is 5.52. The van der Waals surface area contributed by atoms with Crippen molar-refractivity contribution >= 4 is 0 Å². The number of ether oxygens (including phenoxy) is 3. The van der Waals surface area contributed by atoms with Crippen LogP contribution >= 0.6 is 0 Å². The zero-order chi connectivity index (χ0) is 12.1. The fraction of sp³-hybridized carbons (Fsp3) is 0.455. The van der Waals surface area contributed by atoms with E-state index in [0.717, 1.165) is 0 Å². The molecule has 0 saturated carbocycles. The normalized spacial score (nSPS) is 12.1. The Morgan fingerprint density at radius 3 is 1.94 bits per heavy atom. The Hall–Kier alpha value is -1.49. The van der Waals surface area contributed by atoms with E-state index in [9.17, 15) is 4.39 Å². The van der Waals surface area contributed by atoms with Crippen LogP contribution in [0, 0.1) is 0 Å². The van der Waals surface area contributed by atoms with E-state index in [0.29, 0.717) is 22.8 Å². The number of methoxy groups -OCH3 is 3. The SMILES string of the molecule is COc1cc(OC)c(C(F)CN)c(OC)c1. The van der Waals surface area contributed by atoms with E-state index in [1.807, 2.05) is 0 Å². The smallest absolute Gasteiger partial charge is 0.144 e. The second-order valence-corrected chi connectivity index (χ2v) is 3.15. The van der Waals surface area contributed by atoms with E-state index >= 15 is 0 Å². The van der Waals surface area contributed by atoms with Crippen LogP contribution in [0.4, 0.5) is 4.39 Å². The average Bonchev–Trinajstić information content (AvgIpc) is 2.35. The van der Waals surface area contributed by atoms with E-state index in [1.54, 1.807) is 12.1 Å². The molecular formula is C11H16FNO3. The van der Waals surface area contributed by atoms with Crippen molar-refractivity contribution in [1.29, 1.82) is 0 Å². The lowest BCUT2D eigenvalue weighted by Crippen LogP contribution is -2.10. The highest BCUT2D eigenvalue weighted by atomic mass is 19.1. The van der Waals surface area contributed by atoms with Gasteiger partial charge in [-0.05, 0) is 0 Å². The van der Waals surface area contributed by atoms with Gasteiger partial charge in [0.2, 0.25) is 0 Å². The molecule has 16 heavy (non-hydrogen) atoms. The Balaban J connectivity index is 3.31.